The van der Waals surface area contributed by atoms with Crippen LogP contribution < -0.4 is 4.72 Å². The van der Waals surface area contributed by atoms with Crippen molar-refractivity contribution in [2.75, 3.05) is 0 Å². The standard InChI is InChI=1S/C10H12F3NO4S2/c1-2-3-6(9(15)16)14-20(17,18)8-5-4-7(19-8)10(11,12)13/h4-6,14H,2-3H2,1H3,(H,15,16). The van der Waals surface area contributed by atoms with E-state index in [-0.39, 0.29) is 17.8 Å². The van der Waals surface area contributed by atoms with Gasteiger partial charge in [-0.3, -0.25) is 4.79 Å². The molecule has 20 heavy (non-hydrogen) atoms. The second-order valence-corrected chi connectivity index (χ2v) is 6.94. The summed E-state index contributed by atoms with van der Waals surface area (Å²) >= 11 is 0.0502. The Kier molecular flexibility index (Phi) is 5.16. The fourth-order valence-electron chi connectivity index (χ4n) is 1.38. The van der Waals surface area contributed by atoms with Gasteiger partial charge < -0.3 is 5.11 Å². The Bertz CT molecular complexity index is 580. The number of rotatable bonds is 6. The summed E-state index contributed by atoms with van der Waals surface area (Å²) in [5, 5.41) is 8.85. The zero-order valence-electron chi connectivity index (χ0n) is 10.3. The molecule has 0 spiro atoms. The van der Waals surface area contributed by atoms with Crippen LogP contribution in [-0.2, 0) is 21.0 Å². The van der Waals surface area contributed by atoms with Gasteiger partial charge >= 0.3 is 12.1 Å². The molecule has 5 nitrogen and oxygen atoms in total. The van der Waals surface area contributed by atoms with Crippen LogP contribution in [-0.4, -0.2) is 25.5 Å². The van der Waals surface area contributed by atoms with E-state index < -0.39 is 37.3 Å². The molecule has 0 bridgehead atoms. The molecule has 1 aromatic heterocycles. The van der Waals surface area contributed by atoms with Crippen LogP contribution in [0.2, 0.25) is 0 Å². The molecule has 1 unspecified atom stereocenters. The second kappa shape index (κ2) is 6.10. The number of alkyl halides is 3. The molecule has 0 saturated heterocycles. The average Bonchev–Trinajstić information content (AvgIpc) is 2.77. The summed E-state index contributed by atoms with van der Waals surface area (Å²) < 4.78 is 62.2. The van der Waals surface area contributed by atoms with Crippen molar-refractivity contribution in [2.24, 2.45) is 0 Å². The van der Waals surface area contributed by atoms with Crippen molar-refractivity contribution in [3.63, 3.8) is 0 Å². The van der Waals surface area contributed by atoms with E-state index in [9.17, 15) is 26.4 Å². The normalized spacial score (nSPS) is 14.2. The van der Waals surface area contributed by atoms with Gasteiger partial charge in [0.1, 0.15) is 15.1 Å². The van der Waals surface area contributed by atoms with Crippen molar-refractivity contribution in [3.05, 3.63) is 17.0 Å². The molecule has 0 amide bonds. The Labute approximate surface area is 117 Å². The van der Waals surface area contributed by atoms with Gasteiger partial charge in [-0.15, -0.1) is 11.3 Å². The van der Waals surface area contributed by atoms with E-state index in [1.165, 1.54) is 0 Å². The summed E-state index contributed by atoms with van der Waals surface area (Å²) in [6.07, 6.45) is -4.17. The van der Waals surface area contributed by atoms with Crippen molar-refractivity contribution in [1.82, 2.24) is 4.72 Å². The van der Waals surface area contributed by atoms with Crippen LogP contribution >= 0.6 is 11.3 Å². The van der Waals surface area contributed by atoms with E-state index in [4.69, 9.17) is 5.11 Å². The highest BCUT2D eigenvalue weighted by molar-refractivity contribution is 7.91. The molecule has 2 N–H and O–H groups in total. The predicted octanol–water partition coefficient (Wildman–Crippen LogP) is 2.30. The molecule has 10 heteroatoms. The number of sulfonamides is 1. The summed E-state index contributed by atoms with van der Waals surface area (Å²) in [5.41, 5.74) is 0. The van der Waals surface area contributed by atoms with Gasteiger partial charge in [-0.25, -0.2) is 8.42 Å². The molecule has 114 valence electrons. The maximum Gasteiger partial charge on any atom is 0.425 e. The fourth-order valence-corrected chi connectivity index (χ4v) is 3.80. The number of halogens is 3. The smallest absolute Gasteiger partial charge is 0.425 e. The summed E-state index contributed by atoms with van der Waals surface area (Å²) in [7, 11) is -4.28. The average molecular weight is 331 g/mol. The van der Waals surface area contributed by atoms with Crippen molar-refractivity contribution >= 4 is 27.3 Å². The molecule has 0 aromatic carbocycles. The first kappa shape index (κ1) is 16.9. The van der Waals surface area contributed by atoms with Crippen LogP contribution in [0.4, 0.5) is 13.2 Å². The monoisotopic (exact) mass is 331 g/mol. The first-order valence-corrected chi connectivity index (χ1v) is 7.80. The lowest BCUT2D eigenvalue weighted by Crippen LogP contribution is -2.40. The third kappa shape index (κ3) is 4.18. The molecule has 0 saturated carbocycles. The lowest BCUT2D eigenvalue weighted by Gasteiger charge is -2.12. The van der Waals surface area contributed by atoms with Gasteiger partial charge in [-0.2, -0.15) is 17.9 Å². The van der Waals surface area contributed by atoms with Crippen LogP contribution in [0.1, 0.15) is 24.6 Å². The largest absolute Gasteiger partial charge is 0.480 e. The number of carboxylic acids is 1. The lowest BCUT2D eigenvalue weighted by molar-refractivity contribution is -0.139. The van der Waals surface area contributed by atoms with E-state index in [1.807, 2.05) is 4.72 Å². The Balaban J connectivity index is 2.99. The van der Waals surface area contributed by atoms with Gasteiger partial charge in [-0.1, -0.05) is 13.3 Å². The number of nitrogens with one attached hydrogen (secondary N) is 1. The Hall–Kier alpha value is -1.13. The number of hydrogen-bond acceptors (Lipinski definition) is 4. The van der Waals surface area contributed by atoms with E-state index in [0.29, 0.717) is 12.5 Å². The van der Waals surface area contributed by atoms with Crippen molar-refractivity contribution in [1.29, 1.82) is 0 Å². The first-order chi connectivity index (χ1) is 9.08. The maximum absolute atomic E-state index is 12.4. The summed E-state index contributed by atoms with van der Waals surface area (Å²) in [5.74, 6) is -1.37. The second-order valence-electron chi connectivity index (χ2n) is 3.92. The molecule has 0 aliphatic rings. The van der Waals surface area contributed by atoms with Gasteiger partial charge in [0.15, 0.2) is 0 Å². The van der Waals surface area contributed by atoms with E-state index in [1.54, 1.807) is 6.92 Å². The van der Waals surface area contributed by atoms with Gasteiger partial charge in [0.25, 0.3) is 10.0 Å². The lowest BCUT2D eigenvalue weighted by atomic mass is 10.2. The predicted molar refractivity (Wildman–Crippen MR) is 66.0 cm³/mol. The Morgan fingerprint density at radius 1 is 1.45 bits per heavy atom. The summed E-state index contributed by atoms with van der Waals surface area (Å²) in [4.78, 5) is 9.80. The molecular weight excluding hydrogens is 319 g/mol. The third-order valence-corrected chi connectivity index (χ3v) is 5.39. The Morgan fingerprint density at radius 2 is 2.05 bits per heavy atom. The number of carboxylic acid groups (broad SMARTS) is 1. The molecule has 0 aliphatic heterocycles. The molecule has 0 fully saturated rings. The topological polar surface area (TPSA) is 83.5 Å². The van der Waals surface area contributed by atoms with Gasteiger partial charge in [0, 0.05) is 0 Å². The van der Waals surface area contributed by atoms with Crippen LogP contribution in [0.3, 0.4) is 0 Å². The number of thiophene rings is 1. The van der Waals surface area contributed by atoms with Crippen LogP contribution in [0.25, 0.3) is 0 Å². The number of carbonyl (C=O) groups is 1. The number of aliphatic carboxylic acids is 1. The zero-order valence-corrected chi connectivity index (χ0v) is 11.9. The molecule has 1 atom stereocenters. The van der Waals surface area contributed by atoms with Gasteiger partial charge in [-0.05, 0) is 18.6 Å². The summed E-state index contributed by atoms with van der Waals surface area (Å²) in [6, 6.07) is 0.0941. The molecule has 0 aliphatic carbocycles. The maximum atomic E-state index is 12.4. The minimum atomic E-state index is -4.63. The third-order valence-electron chi connectivity index (χ3n) is 2.30. The molecular formula is C10H12F3NO4S2. The fraction of sp³-hybridized carbons (Fsp3) is 0.500. The van der Waals surface area contributed by atoms with E-state index in [0.717, 1.165) is 6.07 Å². The van der Waals surface area contributed by atoms with Crippen molar-refractivity contribution in [3.8, 4) is 0 Å². The van der Waals surface area contributed by atoms with Crippen LogP contribution in [0.5, 0.6) is 0 Å². The highest BCUT2D eigenvalue weighted by Gasteiger charge is 2.34. The molecule has 1 heterocycles. The van der Waals surface area contributed by atoms with E-state index in [2.05, 4.69) is 0 Å². The quantitative estimate of drug-likeness (QED) is 0.838. The SMILES string of the molecule is CCCC(NS(=O)(=O)c1ccc(C(F)(F)F)s1)C(=O)O. The molecule has 1 aromatic rings. The minimum Gasteiger partial charge on any atom is -0.480 e. The molecule has 0 radical (unpaired) electrons. The minimum absolute atomic E-state index is 0.0477. The summed E-state index contributed by atoms with van der Waals surface area (Å²) in [6.45, 7) is 1.66. The first-order valence-electron chi connectivity index (χ1n) is 5.50. The Morgan fingerprint density at radius 3 is 2.45 bits per heavy atom. The van der Waals surface area contributed by atoms with Crippen LogP contribution in [0.15, 0.2) is 16.3 Å². The van der Waals surface area contributed by atoms with E-state index >= 15 is 0 Å². The molecule has 1 rings (SSSR count). The van der Waals surface area contributed by atoms with Gasteiger partial charge in [0.05, 0.1) is 0 Å². The zero-order chi connectivity index (χ0) is 15.6. The van der Waals surface area contributed by atoms with Crippen molar-refractivity contribution < 1.29 is 31.5 Å². The van der Waals surface area contributed by atoms with Gasteiger partial charge in [0.2, 0.25) is 0 Å². The highest BCUT2D eigenvalue weighted by atomic mass is 32.2. The number of hydrogen-bond donors (Lipinski definition) is 2. The van der Waals surface area contributed by atoms with Crippen molar-refractivity contribution in [2.45, 2.75) is 36.2 Å². The van der Waals surface area contributed by atoms with Crippen LogP contribution in [0, 0.1) is 0 Å². The highest BCUT2D eigenvalue weighted by Crippen LogP contribution is 2.36.